The van der Waals surface area contributed by atoms with Gasteiger partial charge in [-0.15, -0.1) is 0 Å². The number of allylic oxidation sites excluding steroid dienone is 5. The van der Waals surface area contributed by atoms with Crippen LogP contribution in [0.15, 0.2) is 36.5 Å². The van der Waals surface area contributed by atoms with Crippen LogP contribution in [-0.2, 0) is 33.2 Å². The monoisotopic (exact) mass is 1230 g/mol. The van der Waals surface area contributed by atoms with Crippen molar-refractivity contribution in [2.75, 3.05) is 26.4 Å². The second kappa shape index (κ2) is 49.7. The Morgan fingerprint density at radius 2 is 0.756 bits per heavy atom. The van der Waals surface area contributed by atoms with E-state index in [0.717, 1.165) is 44.9 Å². The van der Waals surface area contributed by atoms with Gasteiger partial charge in [0.05, 0.1) is 38.6 Å². The number of carbonyl (C=O) groups excluding carboxylic acids is 1. The average molecular weight is 1230 g/mol. The van der Waals surface area contributed by atoms with E-state index >= 15 is 0 Å². The maximum Gasteiger partial charge on any atom is 0.220 e. The fourth-order valence-electron chi connectivity index (χ4n) is 11.5. The molecule has 0 aromatic rings. The van der Waals surface area contributed by atoms with Crippen LogP contribution in [-0.4, -0.2) is 193 Å². The number of rotatable bonds is 52. The smallest absolute Gasteiger partial charge is 0.220 e. The minimum Gasteiger partial charge on any atom is -0.394 e. The summed E-state index contributed by atoms with van der Waals surface area (Å²) in [5.41, 5.74) is 0. The molecule has 0 radical (unpaired) electrons. The van der Waals surface area contributed by atoms with Crippen molar-refractivity contribution in [3.8, 4) is 0 Å². The highest BCUT2D eigenvalue weighted by atomic mass is 16.8. The molecule has 17 unspecified atom stereocenters. The molecule has 3 aliphatic heterocycles. The van der Waals surface area contributed by atoms with E-state index in [1.54, 1.807) is 6.08 Å². The maximum absolute atomic E-state index is 13.3. The van der Waals surface area contributed by atoms with Gasteiger partial charge in [0.2, 0.25) is 5.91 Å². The van der Waals surface area contributed by atoms with E-state index in [9.17, 15) is 61.0 Å². The first-order chi connectivity index (χ1) is 41.8. The van der Waals surface area contributed by atoms with Crippen molar-refractivity contribution in [2.24, 2.45) is 0 Å². The first-order valence-corrected chi connectivity index (χ1v) is 34.2. The number of unbranched alkanes of at least 4 members (excludes halogenated alkanes) is 32. The van der Waals surface area contributed by atoms with Gasteiger partial charge in [-0.1, -0.05) is 230 Å². The summed E-state index contributed by atoms with van der Waals surface area (Å²) in [6.45, 7) is 1.63. The molecule has 0 aromatic heterocycles. The maximum atomic E-state index is 13.3. The van der Waals surface area contributed by atoms with Crippen molar-refractivity contribution in [3.63, 3.8) is 0 Å². The Labute approximate surface area is 517 Å². The van der Waals surface area contributed by atoms with E-state index < -0.39 is 124 Å². The van der Waals surface area contributed by atoms with Gasteiger partial charge in [-0.2, -0.15) is 0 Å². The Bertz CT molecular complexity index is 1710. The Kier molecular flexibility index (Phi) is 45.2. The van der Waals surface area contributed by atoms with Crippen LogP contribution in [0.3, 0.4) is 0 Å². The van der Waals surface area contributed by atoms with Gasteiger partial charge in [0.25, 0.3) is 0 Å². The van der Waals surface area contributed by atoms with E-state index in [1.807, 2.05) is 6.08 Å². The van der Waals surface area contributed by atoms with Gasteiger partial charge in [-0.25, -0.2) is 0 Å². The normalized spacial score (nSPS) is 29.0. The lowest BCUT2D eigenvalue weighted by atomic mass is 9.96. The number of hydrogen-bond acceptors (Lipinski definition) is 18. The second-order valence-corrected chi connectivity index (χ2v) is 24.6. The van der Waals surface area contributed by atoms with Crippen molar-refractivity contribution < 1.29 is 89.4 Å². The summed E-state index contributed by atoms with van der Waals surface area (Å²) in [7, 11) is 0. The van der Waals surface area contributed by atoms with Crippen molar-refractivity contribution in [1.82, 2.24) is 5.32 Å². The molecule has 0 bridgehead atoms. The fourth-order valence-corrected chi connectivity index (χ4v) is 11.5. The van der Waals surface area contributed by atoms with Gasteiger partial charge >= 0.3 is 0 Å². The molecular weight excluding hydrogens is 1110 g/mol. The van der Waals surface area contributed by atoms with Crippen molar-refractivity contribution in [1.29, 1.82) is 0 Å². The Hall–Kier alpha value is -1.99. The van der Waals surface area contributed by atoms with Crippen LogP contribution in [0.4, 0.5) is 0 Å². The summed E-state index contributed by atoms with van der Waals surface area (Å²) in [6, 6.07) is -0.985. The van der Waals surface area contributed by atoms with Gasteiger partial charge in [0.15, 0.2) is 18.9 Å². The molecule has 3 rings (SSSR count). The Morgan fingerprint density at radius 3 is 1.20 bits per heavy atom. The van der Waals surface area contributed by atoms with Crippen molar-refractivity contribution >= 4 is 5.91 Å². The molecule has 0 spiro atoms. The third-order valence-corrected chi connectivity index (χ3v) is 17.2. The zero-order valence-electron chi connectivity index (χ0n) is 53.0. The van der Waals surface area contributed by atoms with Gasteiger partial charge in [0.1, 0.15) is 73.2 Å². The highest BCUT2D eigenvalue weighted by Crippen LogP contribution is 2.33. The summed E-state index contributed by atoms with van der Waals surface area (Å²) in [5.74, 6) is -0.286. The third-order valence-electron chi connectivity index (χ3n) is 17.2. The molecule has 17 atom stereocenters. The number of ether oxygens (including phenoxy) is 6. The summed E-state index contributed by atoms with van der Waals surface area (Å²) >= 11 is 0. The topological polar surface area (TPSA) is 307 Å². The van der Waals surface area contributed by atoms with Crippen molar-refractivity contribution in [2.45, 2.75) is 356 Å². The molecule has 1 amide bonds. The van der Waals surface area contributed by atoms with Crippen LogP contribution in [0.25, 0.3) is 0 Å². The Balaban J connectivity index is 1.31. The molecule has 504 valence electrons. The lowest BCUT2D eigenvalue weighted by molar-refractivity contribution is -0.379. The van der Waals surface area contributed by atoms with Gasteiger partial charge in [-0.05, 0) is 51.4 Å². The second-order valence-electron chi connectivity index (χ2n) is 24.6. The summed E-state index contributed by atoms with van der Waals surface area (Å²) < 4.78 is 34.2. The molecule has 3 heterocycles. The third kappa shape index (κ3) is 31.8. The molecule has 19 heteroatoms. The van der Waals surface area contributed by atoms with E-state index in [-0.39, 0.29) is 18.9 Å². The predicted octanol–water partition coefficient (Wildman–Crippen LogP) is 8.44. The minimum atomic E-state index is -1.98. The minimum absolute atomic E-state index is 0.238. The number of amides is 1. The molecule has 3 fully saturated rings. The van der Waals surface area contributed by atoms with E-state index in [4.69, 9.17) is 28.4 Å². The standard InChI is InChI=1S/C67H123NO18/c1-3-5-7-9-11-13-14-15-16-17-18-19-20-21-22-23-24-25-26-27-28-29-30-31-32-33-34-35-36-37-39-41-43-45-55(73)68-50(51(72)44-42-40-38-12-10-8-6-4-2)49-81-65-61(79)58(76)63(53(47-70)83-65)86-67-62(80)59(77)64(54(48-71)84-67)85-66-60(78)57(75)56(74)52(46-69)82-66/h10,12,17-18,42,44,50-54,56-67,69-72,74-80H,3-9,11,13-16,19-41,43,45-49H2,1-2H3,(H,68,73)/b12-10+,18-17-,44-42+. The largest absolute Gasteiger partial charge is 0.394 e. The van der Waals surface area contributed by atoms with Gasteiger partial charge < -0.3 is 89.9 Å². The molecule has 0 aromatic carbocycles. The number of aliphatic hydroxyl groups is 11. The van der Waals surface area contributed by atoms with Gasteiger partial charge in [-0.3, -0.25) is 4.79 Å². The predicted molar refractivity (Wildman–Crippen MR) is 333 cm³/mol. The molecule has 3 saturated heterocycles. The van der Waals surface area contributed by atoms with Crippen molar-refractivity contribution in [3.05, 3.63) is 36.5 Å². The molecule has 19 nitrogen and oxygen atoms in total. The molecule has 0 saturated carbocycles. The zero-order valence-corrected chi connectivity index (χ0v) is 53.0. The number of carbonyl (C=O) groups is 1. The first-order valence-electron chi connectivity index (χ1n) is 34.2. The number of aliphatic hydroxyl groups excluding tert-OH is 11. The van der Waals surface area contributed by atoms with Crippen LogP contribution in [0, 0.1) is 0 Å². The van der Waals surface area contributed by atoms with Crippen LogP contribution < -0.4 is 5.32 Å². The Morgan fingerprint density at radius 1 is 0.407 bits per heavy atom. The lowest BCUT2D eigenvalue weighted by Gasteiger charge is -2.48. The number of hydrogen-bond donors (Lipinski definition) is 12. The lowest BCUT2D eigenvalue weighted by Crippen LogP contribution is -2.66. The SMILES string of the molecule is CCCC/C=C/CC/C=C/C(O)C(COC1OC(CO)C(OC2OC(CO)C(OC3OC(CO)C(O)C(O)C3O)C(O)C2O)C(O)C1O)NC(=O)CCCCCCCCCCCCCCCCCCCCCCC/C=C\CCCCCCCCCC. The molecule has 12 N–H and O–H groups in total. The van der Waals surface area contributed by atoms with Crippen LogP contribution in [0.1, 0.15) is 251 Å². The van der Waals surface area contributed by atoms with Crippen LogP contribution in [0.2, 0.25) is 0 Å². The summed E-state index contributed by atoms with van der Waals surface area (Å²) in [5, 5.41) is 120. The zero-order chi connectivity index (χ0) is 62.6. The highest BCUT2D eigenvalue weighted by Gasteiger charge is 2.53. The summed E-state index contributed by atoms with van der Waals surface area (Å²) in [6.07, 6.45) is 30.6. The van der Waals surface area contributed by atoms with E-state index in [2.05, 4.69) is 43.5 Å². The quantitative estimate of drug-likeness (QED) is 0.0201. The molecule has 86 heavy (non-hydrogen) atoms. The number of nitrogens with one attached hydrogen (secondary N) is 1. The average Bonchev–Trinajstić information content (AvgIpc) is 1.41. The van der Waals surface area contributed by atoms with Crippen LogP contribution in [0.5, 0.6) is 0 Å². The molecular formula is C67H123NO18. The molecule has 3 aliphatic rings. The van der Waals surface area contributed by atoms with E-state index in [0.29, 0.717) is 12.8 Å². The van der Waals surface area contributed by atoms with Gasteiger partial charge in [0, 0.05) is 6.42 Å². The first kappa shape index (κ1) is 78.3. The summed E-state index contributed by atoms with van der Waals surface area (Å²) in [4.78, 5) is 13.3. The van der Waals surface area contributed by atoms with Crippen LogP contribution >= 0.6 is 0 Å². The highest BCUT2D eigenvalue weighted by molar-refractivity contribution is 5.76. The van der Waals surface area contributed by atoms with E-state index in [1.165, 1.54) is 173 Å². The fraction of sp³-hybridized carbons (Fsp3) is 0.896. The molecule has 0 aliphatic carbocycles.